The average molecular weight is 420 g/mol. The van der Waals surface area contributed by atoms with E-state index in [0.717, 1.165) is 25.4 Å². The quantitative estimate of drug-likeness (QED) is 0.690. The fourth-order valence-corrected chi connectivity index (χ4v) is 2.95. The normalized spacial score (nSPS) is 13.7. The Morgan fingerprint density at radius 2 is 1.50 bits per heavy atom. The summed E-state index contributed by atoms with van der Waals surface area (Å²) in [5, 5.41) is 14.8. The lowest BCUT2D eigenvalue weighted by Gasteiger charge is -2.34. The van der Waals surface area contributed by atoms with Gasteiger partial charge in [-0.25, -0.2) is 9.59 Å². The molecule has 10 heteroatoms. The fourth-order valence-electron chi connectivity index (χ4n) is 2.95. The molecular weight excluding hydrogens is 396 g/mol. The van der Waals surface area contributed by atoms with Gasteiger partial charge in [0.2, 0.25) is 0 Å². The zero-order valence-electron chi connectivity index (χ0n) is 16.7. The highest BCUT2D eigenvalue weighted by molar-refractivity contribution is 6.27. The van der Waals surface area contributed by atoms with Crippen LogP contribution in [0.15, 0.2) is 41.0 Å². The van der Waals surface area contributed by atoms with Crippen molar-refractivity contribution < 1.29 is 38.5 Å². The number of methoxy groups -OCH3 is 2. The number of carboxylic acids is 2. The molecule has 1 aromatic carbocycles. The van der Waals surface area contributed by atoms with Gasteiger partial charge in [0.05, 0.1) is 27.0 Å². The molecule has 2 heterocycles. The molecular formula is C20H24N2O8. The summed E-state index contributed by atoms with van der Waals surface area (Å²) in [7, 11) is 3.12. The van der Waals surface area contributed by atoms with Crippen LogP contribution in [0.4, 0.5) is 0 Å². The van der Waals surface area contributed by atoms with Crippen molar-refractivity contribution in [1.82, 2.24) is 9.80 Å². The van der Waals surface area contributed by atoms with Crippen LogP contribution in [-0.2, 0) is 16.1 Å². The number of ether oxygens (including phenoxy) is 2. The topological polar surface area (TPSA) is 130 Å². The van der Waals surface area contributed by atoms with E-state index in [1.165, 1.54) is 0 Å². The van der Waals surface area contributed by atoms with Gasteiger partial charge in [-0.15, -0.1) is 0 Å². The van der Waals surface area contributed by atoms with Gasteiger partial charge in [-0.3, -0.25) is 9.69 Å². The highest BCUT2D eigenvalue weighted by Crippen LogP contribution is 2.29. The van der Waals surface area contributed by atoms with Gasteiger partial charge < -0.3 is 29.0 Å². The summed E-state index contributed by atoms with van der Waals surface area (Å²) in [6.07, 6.45) is 1.68. The Hall–Kier alpha value is -3.53. The Morgan fingerprint density at radius 3 is 1.93 bits per heavy atom. The van der Waals surface area contributed by atoms with Gasteiger partial charge in [0, 0.05) is 26.2 Å². The van der Waals surface area contributed by atoms with E-state index in [4.69, 9.17) is 33.7 Å². The molecule has 0 bridgehead atoms. The van der Waals surface area contributed by atoms with Crippen molar-refractivity contribution in [3.05, 3.63) is 47.9 Å². The average Bonchev–Trinajstić information content (AvgIpc) is 3.26. The van der Waals surface area contributed by atoms with Gasteiger partial charge in [-0.05, 0) is 24.3 Å². The highest BCUT2D eigenvalue weighted by Gasteiger charge is 2.27. The van der Waals surface area contributed by atoms with Crippen LogP contribution in [0.25, 0.3) is 0 Å². The minimum absolute atomic E-state index is 0.0538. The Labute approximate surface area is 173 Å². The molecule has 3 rings (SSSR count). The van der Waals surface area contributed by atoms with Crippen molar-refractivity contribution in [2.75, 3.05) is 40.4 Å². The maximum atomic E-state index is 12.9. The second-order valence-corrected chi connectivity index (χ2v) is 6.30. The van der Waals surface area contributed by atoms with Crippen LogP contribution in [0.5, 0.6) is 11.5 Å². The molecule has 162 valence electrons. The molecule has 0 atom stereocenters. The molecule has 0 saturated carbocycles. The molecule has 10 nitrogen and oxygen atoms in total. The lowest BCUT2D eigenvalue weighted by Crippen LogP contribution is -2.48. The zero-order valence-corrected chi connectivity index (χ0v) is 16.7. The number of carbonyl (C=O) groups excluding carboxylic acids is 1. The van der Waals surface area contributed by atoms with E-state index in [9.17, 15) is 4.79 Å². The van der Waals surface area contributed by atoms with E-state index < -0.39 is 11.9 Å². The van der Waals surface area contributed by atoms with Crippen LogP contribution in [0, 0.1) is 0 Å². The van der Waals surface area contributed by atoms with Crippen molar-refractivity contribution in [1.29, 1.82) is 0 Å². The maximum Gasteiger partial charge on any atom is 0.414 e. The van der Waals surface area contributed by atoms with Crippen molar-refractivity contribution >= 4 is 17.8 Å². The molecule has 1 saturated heterocycles. The van der Waals surface area contributed by atoms with Crippen LogP contribution in [-0.4, -0.2) is 78.3 Å². The molecule has 0 aliphatic carbocycles. The number of carbonyl (C=O) groups is 3. The largest absolute Gasteiger partial charge is 0.496 e. The molecule has 1 aromatic heterocycles. The van der Waals surface area contributed by atoms with Gasteiger partial charge in [0.1, 0.15) is 22.8 Å². The van der Waals surface area contributed by atoms with Gasteiger partial charge in [0.25, 0.3) is 5.91 Å². The molecule has 30 heavy (non-hydrogen) atoms. The van der Waals surface area contributed by atoms with Crippen LogP contribution in [0.1, 0.15) is 16.1 Å². The number of nitrogens with zero attached hydrogens (tertiary/aromatic N) is 2. The molecule has 1 aliphatic rings. The minimum Gasteiger partial charge on any atom is -0.496 e. The molecule has 0 unspecified atom stereocenters. The van der Waals surface area contributed by atoms with E-state index in [2.05, 4.69) is 4.90 Å². The third kappa shape index (κ3) is 5.98. The second kappa shape index (κ2) is 10.9. The highest BCUT2D eigenvalue weighted by atomic mass is 16.5. The first-order valence-electron chi connectivity index (χ1n) is 9.08. The van der Waals surface area contributed by atoms with Crippen LogP contribution in [0.3, 0.4) is 0 Å². The van der Waals surface area contributed by atoms with E-state index in [0.29, 0.717) is 30.2 Å². The summed E-state index contributed by atoms with van der Waals surface area (Å²) in [4.78, 5) is 35.2. The third-order valence-corrected chi connectivity index (χ3v) is 4.44. The SMILES string of the molecule is COc1cccc(OC)c1C(=O)N1CCN(Cc2ccco2)CC1.O=C(O)C(=O)O. The van der Waals surface area contributed by atoms with Crippen LogP contribution >= 0.6 is 0 Å². The molecule has 1 fully saturated rings. The molecule has 1 amide bonds. The number of hydrogen-bond acceptors (Lipinski definition) is 7. The van der Waals surface area contributed by atoms with E-state index in [1.54, 1.807) is 32.6 Å². The van der Waals surface area contributed by atoms with Crippen molar-refractivity contribution in [3.8, 4) is 11.5 Å². The van der Waals surface area contributed by atoms with Crippen LogP contribution < -0.4 is 9.47 Å². The first-order chi connectivity index (χ1) is 14.4. The Morgan fingerprint density at radius 1 is 0.933 bits per heavy atom. The van der Waals surface area contributed by atoms with Gasteiger partial charge in [-0.2, -0.15) is 0 Å². The lowest BCUT2D eigenvalue weighted by molar-refractivity contribution is -0.159. The molecule has 2 aromatic rings. The summed E-state index contributed by atoms with van der Waals surface area (Å²) in [5.41, 5.74) is 0.488. The number of furan rings is 1. The number of carboxylic acid groups (broad SMARTS) is 2. The number of hydrogen-bond donors (Lipinski definition) is 2. The molecule has 0 spiro atoms. The predicted molar refractivity (Wildman–Crippen MR) is 105 cm³/mol. The summed E-state index contributed by atoms with van der Waals surface area (Å²) >= 11 is 0. The van der Waals surface area contributed by atoms with Crippen molar-refractivity contribution in [2.24, 2.45) is 0 Å². The van der Waals surface area contributed by atoms with E-state index in [-0.39, 0.29) is 5.91 Å². The molecule has 0 radical (unpaired) electrons. The summed E-state index contributed by atoms with van der Waals surface area (Å²) in [6, 6.07) is 9.24. The lowest BCUT2D eigenvalue weighted by atomic mass is 10.1. The smallest absolute Gasteiger partial charge is 0.414 e. The number of piperazine rings is 1. The van der Waals surface area contributed by atoms with E-state index in [1.807, 2.05) is 23.1 Å². The van der Waals surface area contributed by atoms with Crippen LogP contribution in [0.2, 0.25) is 0 Å². The monoisotopic (exact) mass is 420 g/mol. The third-order valence-electron chi connectivity index (χ3n) is 4.44. The minimum atomic E-state index is -1.82. The summed E-state index contributed by atoms with van der Waals surface area (Å²) < 4.78 is 16.1. The Bertz CT molecular complexity index is 823. The molecule has 1 aliphatic heterocycles. The maximum absolute atomic E-state index is 12.9. The predicted octanol–water partition coefficient (Wildman–Crippen LogP) is 1.41. The summed E-state index contributed by atoms with van der Waals surface area (Å²) in [5.74, 6) is -1.68. The number of rotatable bonds is 5. The Kier molecular flexibility index (Phi) is 8.24. The first kappa shape index (κ1) is 22.8. The summed E-state index contributed by atoms with van der Waals surface area (Å²) in [6.45, 7) is 3.72. The number of benzene rings is 1. The van der Waals surface area contributed by atoms with E-state index >= 15 is 0 Å². The standard InChI is InChI=1S/C18H22N2O4.C2H2O4/c1-22-15-6-3-7-16(23-2)17(15)18(21)20-10-8-19(9-11-20)13-14-5-4-12-24-14;3-1(4)2(5)6/h3-7,12H,8-11,13H2,1-2H3;(H,3,4)(H,5,6). The van der Waals surface area contributed by atoms with Crippen molar-refractivity contribution in [2.45, 2.75) is 6.54 Å². The number of amides is 1. The zero-order chi connectivity index (χ0) is 22.1. The van der Waals surface area contributed by atoms with Crippen molar-refractivity contribution in [3.63, 3.8) is 0 Å². The Balaban J connectivity index is 0.000000469. The van der Waals surface area contributed by atoms with Gasteiger partial charge in [-0.1, -0.05) is 6.07 Å². The fraction of sp³-hybridized carbons (Fsp3) is 0.350. The molecule has 2 N–H and O–H groups in total. The number of aliphatic carboxylic acids is 2. The second-order valence-electron chi connectivity index (χ2n) is 6.30. The van der Waals surface area contributed by atoms with Gasteiger partial charge >= 0.3 is 11.9 Å². The first-order valence-corrected chi connectivity index (χ1v) is 9.08. The van der Waals surface area contributed by atoms with Gasteiger partial charge in [0.15, 0.2) is 0 Å².